The van der Waals surface area contributed by atoms with Crippen LogP contribution in [0.25, 0.3) is 0 Å². The Balaban J connectivity index is 2.34. The molecule has 286 valence electrons. The van der Waals surface area contributed by atoms with Crippen molar-refractivity contribution in [3.63, 3.8) is 0 Å². The maximum absolute atomic E-state index is 12.9. The molecule has 0 bridgehead atoms. The molecule has 7 atom stereocenters. The number of carbonyl (C=O) groups is 1. The lowest BCUT2D eigenvalue weighted by Gasteiger charge is -2.40. The second kappa shape index (κ2) is 31.0. The lowest BCUT2D eigenvalue weighted by Crippen LogP contribution is -2.60. The van der Waals surface area contributed by atoms with Gasteiger partial charge in [0.2, 0.25) is 5.91 Å². The highest BCUT2D eigenvalue weighted by Crippen LogP contribution is 2.23. The summed E-state index contributed by atoms with van der Waals surface area (Å²) < 4.78 is 11.2. The highest BCUT2D eigenvalue weighted by molar-refractivity contribution is 5.76. The largest absolute Gasteiger partial charge is 0.394 e. The molecule has 1 fully saturated rings. The standard InChI is InChI=1S/C39H77NO8/c1-3-5-7-9-11-13-14-15-16-17-18-19-21-23-25-27-29-35(43)40-32(33(42)28-26-24-22-20-12-10-8-6-4-2)31-47-39-38(46)37(45)36(44)34(30-41)48-39/h32-34,36-39,41-42,44-46H,3-31H2,1-2H3,(H,40,43)/t32-,33+,34-,36-,37?,38?,39-/m0/s1. The van der Waals surface area contributed by atoms with E-state index in [-0.39, 0.29) is 12.5 Å². The van der Waals surface area contributed by atoms with Gasteiger partial charge in [-0.25, -0.2) is 0 Å². The third kappa shape index (κ3) is 22.1. The fourth-order valence-corrected chi connectivity index (χ4v) is 6.63. The first-order chi connectivity index (χ1) is 23.3. The zero-order valence-electron chi connectivity index (χ0n) is 31.0. The first kappa shape index (κ1) is 45.2. The van der Waals surface area contributed by atoms with Crippen LogP contribution in [0, 0.1) is 0 Å². The smallest absolute Gasteiger partial charge is 0.220 e. The quantitative estimate of drug-likeness (QED) is 0.0396. The van der Waals surface area contributed by atoms with Gasteiger partial charge in [-0.05, 0) is 12.8 Å². The number of nitrogens with one attached hydrogen (secondary N) is 1. The molecule has 1 saturated heterocycles. The lowest BCUT2D eigenvalue weighted by molar-refractivity contribution is -0.302. The van der Waals surface area contributed by atoms with Crippen molar-refractivity contribution in [1.82, 2.24) is 5.32 Å². The van der Waals surface area contributed by atoms with Crippen LogP contribution in [0.2, 0.25) is 0 Å². The van der Waals surface area contributed by atoms with Crippen molar-refractivity contribution in [3.8, 4) is 0 Å². The summed E-state index contributed by atoms with van der Waals surface area (Å²) in [4.78, 5) is 12.9. The van der Waals surface area contributed by atoms with Crippen LogP contribution in [0.5, 0.6) is 0 Å². The SMILES string of the molecule is CCCCCCCCCCCCCCCCCCC(=O)N[C@@H](CO[C@H]1O[C@@H](CO)[C@H](O)C(O)C1O)[C@H](O)CCCCCCCCCCC. The van der Waals surface area contributed by atoms with E-state index in [9.17, 15) is 30.3 Å². The maximum atomic E-state index is 12.9. The van der Waals surface area contributed by atoms with Gasteiger partial charge in [0, 0.05) is 6.42 Å². The fourth-order valence-electron chi connectivity index (χ4n) is 6.63. The molecule has 0 aromatic rings. The molecule has 6 N–H and O–H groups in total. The molecule has 0 aliphatic carbocycles. The van der Waals surface area contributed by atoms with Crippen LogP contribution >= 0.6 is 0 Å². The van der Waals surface area contributed by atoms with E-state index >= 15 is 0 Å². The van der Waals surface area contributed by atoms with Gasteiger partial charge in [-0.3, -0.25) is 4.79 Å². The monoisotopic (exact) mass is 688 g/mol. The molecule has 9 heteroatoms. The van der Waals surface area contributed by atoms with Crippen molar-refractivity contribution in [3.05, 3.63) is 0 Å². The Bertz CT molecular complexity index is 726. The van der Waals surface area contributed by atoms with E-state index in [1.165, 1.54) is 122 Å². The summed E-state index contributed by atoms with van der Waals surface area (Å²) >= 11 is 0. The number of amides is 1. The number of ether oxygens (including phenoxy) is 2. The first-order valence-electron chi connectivity index (χ1n) is 20.2. The molecule has 9 nitrogen and oxygen atoms in total. The molecular weight excluding hydrogens is 610 g/mol. The minimum Gasteiger partial charge on any atom is -0.394 e. The molecule has 0 saturated carbocycles. The van der Waals surface area contributed by atoms with E-state index < -0.39 is 49.5 Å². The molecule has 1 aliphatic heterocycles. The Morgan fingerprint density at radius 2 is 1.04 bits per heavy atom. The van der Waals surface area contributed by atoms with Crippen LogP contribution < -0.4 is 5.32 Å². The molecule has 0 radical (unpaired) electrons. The minimum absolute atomic E-state index is 0.133. The van der Waals surface area contributed by atoms with Crippen molar-refractivity contribution >= 4 is 5.91 Å². The molecule has 0 aromatic heterocycles. The van der Waals surface area contributed by atoms with E-state index in [2.05, 4.69) is 19.2 Å². The van der Waals surface area contributed by atoms with Crippen molar-refractivity contribution in [2.24, 2.45) is 0 Å². The molecule has 1 heterocycles. The summed E-state index contributed by atoms with van der Waals surface area (Å²) in [6, 6.07) is -0.708. The van der Waals surface area contributed by atoms with Crippen LogP contribution in [0.4, 0.5) is 0 Å². The average Bonchev–Trinajstić information content (AvgIpc) is 3.08. The normalized spacial score (nSPS) is 22.5. The van der Waals surface area contributed by atoms with Gasteiger partial charge in [0.05, 0.1) is 25.4 Å². The number of hydrogen-bond donors (Lipinski definition) is 6. The number of aliphatic hydroxyl groups excluding tert-OH is 5. The fraction of sp³-hybridized carbons (Fsp3) is 0.974. The van der Waals surface area contributed by atoms with Crippen molar-refractivity contribution in [2.45, 2.75) is 230 Å². The van der Waals surface area contributed by atoms with Gasteiger partial charge in [0.1, 0.15) is 24.4 Å². The summed E-state index contributed by atoms with van der Waals surface area (Å²) in [5.41, 5.74) is 0. The number of rotatable bonds is 33. The van der Waals surface area contributed by atoms with Crippen molar-refractivity contribution < 1.29 is 39.8 Å². The van der Waals surface area contributed by atoms with Crippen LogP contribution in [0.1, 0.15) is 187 Å². The highest BCUT2D eigenvalue weighted by atomic mass is 16.7. The molecular formula is C39H77NO8. The number of carbonyl (C=O) groups excluding carboxylic acids is 1. The number of aliphatic hydroxyl groups is 5. The second-order valence-corrected chi connectivity index (χ2v) is 14.4. The molecule has 1 rings (SSSR count). The van der Waals surface area contributed by atoms with Gasteiger partial charge in [0.25, 0.3) is 0 Å². The van der Waals surface area contributed by atoms with E-state index in [4.69, 9.17) is 9.47 Å². The summed E-state index contributed by atoms with van der Waals surface area (Å²) in [5, 5.41) is 54.0. The Hall–Kier alpha value is -0.810. The third-order valence-corrected chi connectivity index (χ3v) is 9.96. The van der Waals surface area contributed by atoms with Crippen molar-refractivity contribution in [2.75, 3.05) is 13.2 Å². The highest BCUT2D eigenvalue weighted by Gasteiger charge is 2.44. The maximum Gasteiger partial charge on any atom is 0.220 e. The van der Waals surface area contributed by atoms with Crippen LogP contribution in [-0.2, 0) is 14.3 Å². The van der Waals surface area contributed by atoms with Crippen molar-refractivity contribution in [1.29, 1.82) is 0 Å². The summed E-state index contributed by atoms with van der Waals surface area (Å²) in [5.74, 6) is -0.145. The molecule has 0 spiro atoms. The predicted molar refractivity (Wildman–Crippen MR) is 194 cm³/mol. The van der Waals surface area contributed by atoms with E-state index in [0.717, 1.165) is 38.5 Å². The Morgan fingerprint density at radius 3 is 1.48 bits per heavy atom. The predicted octanol–water partition coefficient (Wildman–Crippen LogP) is 7.22. The van der Waals surface area contributed by atoms with Crippen LogP contribution in [0.3, 0.4) is 0 Å². The summed E-state index contributed by atoms with van der Waals surface area (Å²) in [6.45, 7) is 3.80. The molecule has 48 heavy (non-hydrogen) atoms. The molecule has 2 unspecified atom stereocenters. The Kier molecular flexibility index (Phi) is 29.2. The minimum atomic E-state index is -1.55. The second-order valence-electron chi connectivity index (χ2n) is 14.4. The van der Waals surface area contributed by atoms with E-state index in [1.807, 2.05) is 0 Å². The average molecular weight is 688 g/mol. The van der Waals surface area contributed by atoms with Crippen LogP contribution in [0.15, 0.2) is 0 Å². The van der Waals surface area contributed by atoms with Gasteiger partial charge in [0.15, 0.2) is 6.29 Å². The third-order valence-electron chi connectivity index (χ3n) is 9.96. The van der Waals surface area contributed by atoms with Gasteiger partial charge in [-0.15, -0.1) is 0 Å². The Labute approximate surface area is 294 Å². The Morgan fingerprint density at radius 1 is 0.625 bits per heavy atom. The lowest BCUT2D eigenvalue weighted by atomic mass is 9.99. The summed E-state index contributed by atoms with van der Waals surface area (Å²) in [6.07, 6.45) is 24.0. The first-order valence-corrected chi connectivity index (χ1v) is 20.2. The number of unbranched alkanes of at least 4 members (excludes halogenated alkanes) is 23. The van der Waals surface area contributed by atoms with E-state index in [0.29, 0.717) is 12.8 Å². The van der Waals surface area contributed by atoms with E-state index in [1.54, 1.807) is 0 Å². The zero-order valence-corrected chi connectivity index (χ0v) is 31.0. The van der Waals surface area contributed by atoms with Gasteiger partial charge >= 0.3 is 0 Å². The molecule has 0 aromatic carbocycles. The molecule has 1 amide bonds. The van der Waals surface area contributed by atoms with Gasteiger partial charge in [-0.1, -0.05) is 168 Å². The topological polar surface area (TPSA) is 149 Å². The van der Waals surface area contributed by atoms with Gasteiger partial charge in [-0.2, -0.15) is 0 Å². The van der Waals surface area contributed by atoms with Crippen LogP contribution in [-0.4, -0.2) is 87.5 Å². The molecule has 1 aliphatic rings. The summed E-state index contributed by atoms with van der Waals surface area (Å²) in [7, 11) is 0. The number of hydrogen-bond acceptors (Lipinski definition) is 8. The zero-order chi connectivity index (χ0) is 35.2. The van der Waals surface area contributed by atoms with Gasteiger partial charge < -0.3 is 40.3 Å².